The fraction of sp³-hybridized carbons (Fsp3) is 1.00. The molecule has 0 aliphatic heterocycles. The molecule has 0 amide bonds. The predicted molar refractivity (Wildman–Crippen MR) is 22.3 cm³/mol. The highest BCUT2D eigenvalue weighted by Gasteiger charge is 2.54. The van der Waals surface area contributed by atoms with Crippen LogP contribution < -0.4 is 0 Å². The summed E-state index contributed by atoms with van der Waals surface area (Å²) in [7, 11) is 0. The van der Waals surface area contributed by atoms with Crippen molar-refractivity contribution in [1.82, 2.24) is 0 Å². The highest BCUT2D eigenvalue weighted by molar-refractivity contribution is 7.81. The third-order valence-corrected chi connectivity index (χ3v) is 1.35. The summed E-state index contributed by atoms with van der Waals surface area (Å²) in [5.74, 6) is -2.43. The van der Waals surface area contributed by atoms with Crippen molar-refractivity contribution < 1.29 is 8.78 Å². The Balaban J connectivity index is 2.41. The van der Waals surface area contributed by atoms with E-state index in [4.69, 9.17) is 0 Å². The molecule has 1 fully saturated rings. The van der Waals surface area contributed by atoms with Crippen molar-refractivity contribution in [2.75, 3.05) is 0 Å². The number of alkyl halides is 2. The van der Waals surface area contributed by atoms with Gasteiger partial charge in [-0.15, -0.1) is 0 Å². The molecule has 0 nitrogen and oxygen atoms in total. The summed E-state index contributed by atoms with van der Waals surface area (Å²) in [5.41, 5.74) is 0. The van der Waals surface area contributed by atoms with Crippen LogP contribution in [0.5, 0.6) is 0 Å². The Kier molecular flexibility index (Phi) is 0.645. The number of halogens is 2. The smallest absolute Gasteiger partial charge is 0.206 e. The SMILES string of the molecule is FC1(F)CC1S. The van der Waals surface area contributed by atoms with Gasteiger partial charge in [0.1, 0.15) is 0 Å². The van der Waals surface area contributed by atoms with Crippen molar-refractivity contribution in [3.05, 3.63) is 0 Å². The van der Waals surface area contributed by atoms with E-state index in [2.05, 4.69) is 12.6 Å². The molecule has 1 atom stereocenters. The zero-order valence-corrected chi connectivity index (χ0v) is 3.88. The minimum absolute atomic E-state index is 0.0316. The molecular weight excluding hydrogens is 106 g/mol. The standard InChI is InChI=1S/C3H4F2S/c4-3(5)1-2(3)6/h2,6H,1H2. The maximum atomic E-state index is 11.4. The van der Waals surface area contributed by atoms with Crippen LogP contribution in [0.15, 0.2) is 0 Å². The van der Waals surface area contributed by atoms with E-state index in [-0.39, 0.29) is 6.42 Å². The van der Waals surface area contributed by atoms with Gasteiger partial charge in [-0.1, -0.05) is 0 Å². The van der Waals surface area contributed by atoms with Crippen molar-refractivity contribution in [2.45, 2.75) is 17.6 Å². The summed E-state index contributed by atoms with van der Waals surface area (Å²) in [6.07, 6.45) is -0.0316. The average Bonchev–Trinajstić information content (AvgIpc) is 1.73. The zero-order valence-electron chi connectivity index (χ0n) is 2.99. The maximum Gasteiger partial charge on any atom is 0.261 e. The highest BCUT2D eigenvalue weighted by Crippen LogP contribution is 2.45. The summed E-state index contributed by atoms with van der Waals surface area (Å²) in [6, 6.07) is 0. The van der Waals surface area contributed by atoms with Gasteiger partial charge in [0.15, 0.2) is 0 Å². The fourth-order valence-electron chi connectivity index (χ4n) is 0.199. The number of rotatable bonds is 0. The van der Waals surface area contributed by atoms with Crippen LogP contribution in [0.3, 0.4) is 0 Å². The molecule has 0 aromatic heterocycles. The minimum Gasteiger partial charge on any atom is -0.206 e. The van der Waals surface area contributed by atoms with Crippen molar-refractivity contribution in [2.24, 2.45) is 0 Å². The van der Waals surface area contributed by atoms with Gasteiger partial charge < -0.3 is 0 Å². The van der Waals surface area contributed by atoms with Gasteiger partial charge in [-0.2, -0.15) is 12.6 Å². The van der Waals surface area contributed by atoms with Crippen LogP contribution in [0.4, 0.5) is 8.78 Å². The van der Waals surface area contributed by atoms with E-state index in [1.165, 1.54) is 0 Å². The molecule has 6 heavy (non-hydrogen) atoms. The third kappa shape index (κ3) is 0.511. The molecule has 0 bridgehead atoms. The average molecular weight is 110 g/mol. The summed E-state index contributed by atoms with van der Waals surface area (Å²) in [6.45, 7) is 0. The molecule has 1 saturated carbocycles. The van der Waals surface area contributed by atoms with Crippen LogP contribution >= 0.6 is 12.6 Å². The third-order valence-electron chi connectivity index (χ3n) is 0.793. The first-order valence-electron chi connectivity index (χ1n) is 1.69. The lowest BCUT2D eigenvalue weighted by Crippen LogP contribution is -1.89. The van der Waals surface area contributed by atoms with E-state index in [9.17, 15) is 8.78 Å². The summed E-state index contributed by atoms with van der Waals surface area (Å²) in [4.78, 5) is 0. The normalized spacial score (nSPS) is 39.5. The number of hydrogen-bond acceptors (Lipinski definition) is 1. The molecule has 0 aromatic carbocycles. The van der Waals surface area contributed by atoms with E-state index >= 15 is 0 Å². The van der Waals surface area contributed by atoms with Crippen LogP contribution in [-0.4, -0.2) is 11.2 Å². The van der Waals surface area contributed by atoms with Gasteiger partial charge in [0.05, 0.1) is 5.25 Å². The second-order valence-electron chi connectivity index (χ2n) is 1.48. The van der Waals surface area contributed by atoms with Crippen molar-refractivity contribution >= 4 is 12.6 Å². The zero-order chi connectivity index (χ0) is 4.78. The van der Waals surface area contributed by atoms with Gasteiger partial charge >= 0.3 is 0 Å². The van der Waals surface area contributed by atoms with Crippen LogP contribution in [-0.2, 0) is 0 Å². The molecule has 36 valence electrons. The Hall–Kier alpha value is 0.210. The van der Waals surface area contributed by atoms with Gasteiger partial charge in [0.25, 0.3) is 5.92 Å². The van der Waals surface area contributed by atoms with Gasteiger partial charge in [-0.05, 0) is 0 Å². The molecule has 0 N–H and O–H groups in total. The van der Waals surface area contributed by atoms with Crippen molar-refractivity contribution in [3.63, 3.8) is 0 Å². The first kappa shape index (κ1) is 4.37. The number of hydrogen-bond donors (Lipinski definition) is 1. The maximum absolute atomic E-state index is 11.4. The summed E-state index contributed by atoms with van der Waals surface area (Å²) < 4.78 is 22.9. The van der Waals surface area contributed by atoms with Crippen molar-refractivity contribution in [1.29, 1.82) is 0 Å². The first-order chi connectivity index (χ1) is 2.63. The predicted octanol–water partition coefficient (Wildman–Crippen LogP) is 1.32. The molecule has 3 heteroatoms. The fourth-order valence-corrected chi connectivity index (χ4v) is 0.442. The molecule has 1 aliphatic rings. The largest absolute Gasteiger partial charge is 0.261 e. The lowest BCUT2D eigenvalue weighted by atomic mass is 10.8. The second-order valence-corrected chi connectivity index (χ2v) is 2.10. The minimum atomic E-state index is -2.43. The van der Waals surface area contributed by atoms with Crippen LogP contribution in [0.1, 0.15) is 6.42 Å². The first-order valence-corrected chi connectivity index (χ1v) is 2.20. The van der Waals surface area contributed by atoms with Crippen LogP contribution in [0.2, 0.25) is 0 Å². The molecule has 0 spiro atoms. The van der Waals surface area contributed by atoms with Gasteiger partial charge in [0, 0.05) is 6.42 Å². The monoisotopic (exact) mass is 110 g/mol. The topological polar surface area (TPSA) is 0 Å². The molecule has 1 unspecified atom stereocenters. The van der Waals surface area contributed by atoms with E-state index in [1.807, 2.05) is 0 Å². The molecule has 1 rings (SSSR count). The Labute approximate surface area is 39.9 Å². The van der Waals surface area contributed by atoms with Gasteiger partial charge in [-0.25, -0.2) is 8.78 Å². The molecule has 0 aromatic rings. The lowest BCUT2D eigenvalue weighted by Gasteiger charge is -1.81. The molecule has 0 radical (unpaired) electrons. The highest BCUT2D eigenvalue weighted by atomic mass is 32.1. The van der Waals surface area contributed by atoms with E-state index in [0.717, 1.165) is 0 Å². The molecular formula is C3H4F2S. The number of thiol groups is 1. The van der Waals surface area contributed by atoms with Gasteiger partial charge in [0.2, 0.25) is 0 Å². The Bertz CT molecular complexity index is 71.2. The Morgan fingerprint density at radius 2 is 1.83 bits per heavy atom. The van der Waals surface area contributed by atoms with E-state index < -0.39 is 11.2 Å². The van der Waals surface area contributed by atoms with E-state index in [1.54, 1.807) is 0 Å². The van der Waals surface area contributed by atoms with Crippen LogP contribution in [0.25, 0.3) is 0 Å². The van der Waals surface area contributed by atoms with Crippen molar-refractivity contribution in [3.8, 4) is 0 Å². The summed E-state index contributed by atoms with van der Waals surface area (Å²) in [5, 5.41) is -0.641. The second kappa shape index (κ2) is 0.886. The molecule has 0 saturated heterocycles. The molecule has 1 aliphatic carbocycles. The van der Waals surface area contributed by atoms with E-state index in [0.29, 0.717) is 0 Å². The Morgan fingerprint density at radius 3 is 1.83 bits per heavy atom. The van der Waals surface area contributed by atoms with Gasteiger partial charge in [-0.3, -0.25) is 0 Å². The lowest BCUT2D eigenvalue weighted by molar-refractivity contribution is 0.122. The summed E-state index contributed by atoms with van der Waals surface area (Å²) >= 11 is 3.51. The molecule has 0 heterocycles. The quantitative estimate of drug-likeness (QED) is 0.447. The van der Waals surface area contributed by atoms with Crippen LogP contribution in [0, 0.1) is 0 Å². The Morgan fingerprint density at radius 1 is 1.67 bits per heavy atom.